The van der Waals surface area contributed by atoms with Gasteiger partial charge in [0.25, 0.3) is 5.91 Å². The Morgan fingerprint density at radius 2 is 1.87 bits per heavy atom. The van der Waals surface area contributed by atoms with E-state index in [9.17, 15) is 23.5 Å². The number of carbonyl (C=O) groups excluding carboxylic acids is 2. The fourth-order valence-electron chi connectivity index (χ4n) is 1.86. The smallest absolute Gasteiger partial charge is 0.252 e. The van der Waals surface area contributed by atoms with E-state index in [0.29, 0.717) is 5.56 Å². The van der Waals surface area contributed by atoms with Crippen molar-refractivity contribution in [3.05, 3.63) is 57.8 Å². The van der Waals surface area contributed by atoms with Gasteiger partial charge >= 0.3 is 0 Å². The van der Waals surface area contributed by atoms with E-state index in [4.69, 9.17) is 0 Å². The van der Waals surface area contributed by atoms with Crippen LogP contribution in [0.25, 0.3) is 0 Å². The van der Waals surface area contributed by atoms with Gasteiger partial charge in [0.05, 0.1) is 12.1 Å². The topological polar surface area (TPSA) is 78.4 Å². The van der Waals surface area contributed by atoms with Gasteiger partial charge < -0.3 is 15.7 Å². The van der Waals surface area contributed by atoms with Crippen LogP contribution in [-0.4, -0.2) is 30.0 Å². The van der Waals surface area contributed by atoms with Gasteiger partial charge in [-0.1, -0.05) is 6.07 Å². The summed E-state index contributed by atoms with van der Waals surface area (Å²) >= 11 is 1.35. The largest absolute Gasteiger partial charge is 0.386 e. The lowest BCUT2D eigenvalue weighted by atomic mass is 10.1. The van der Waals surface area contributed by atoms with Gasteiger partial charge in [0.2, 0.25) is 5.91 Å². The molecule has 0 saturated heterocycles. The van der Waals surface area contributed by atoms with E-state index in [1.807, 2.05) is 0 Å². The lowest BCUT2D eigenvalue weighted by Gasteiger charge is -2.14. The van der Waals surface area contributed by atoms with Gasteiger partial charge in [-0.3, -0.25) is 9.59 Å². The third-order valence-corrected chi connectivity index (χ3v) is 3.70. The van der Waals surface area contributed by atoms with E-state index in [1.165, 1.54) is 17.4 Å². The third-order valence-electron chi connectivity index (χ3n) is 3.02. The first-order valence-corrected chi connectivity index (χ1v) is 7.62. The normalized spacial score (nSPS) is 11.8. The molecule has 2 rings (SSSR count). The fourth-order valence-corrected chi connectivity index (χ4v) is 2.50. The van der Waals surface area contributed by atoms with E-state index in [0.717, 1.165) is 12.1 Å². The molecule has 0 radical (unpaired) electrons. The molecule has 2 aromatic rings. The van der Waals surface area contributed by atoms with Gasteiger partial charge in [-0.2, -0.15) is 11.3 Å². The minimum absolute atomic E-state index is 0.304. The van der Waals surface area contributed by atoms with Crippen molar-refractivity contribution < 1.29 is 23.5 Å². The summed E-state index contributed by atoms with van der Waals surface area (Å²) in [5.74, 6) is -2.76. The van der Waals surface area contributed by atoms with Crippen LogP contribution in [0.4, 0.5) is 8.78 Å². The van der Waals surface area contributed by atoms with Gasteiger partial charge in [0, 0.05) is 17.5 Å². The molecule has 1 atom stereocenters. The van der Waals surface area contributed by atoms with Gasteiger partial charge in [-0.25, -0.2) is 8.78 Å². The fraction of sp³-hybridized carbons (Fsp3) is 0.200. The number of hydrogen-bond donors (Lipinski definition) is 3. The zero-order valence-corrected chi connectivity index (χ0v) is 12.7. The molecule has 5 nitrogen and oxygen atoms in total. The van der Waals surface area contributed by atoms with Crippen LogP contribution < -0.4 is 10.6 Å². The Morgan fingerprint density at radius 3 is 2.48 bits per heavy atom. The first kappa shape index (κ1) is 17.0. The molecule has 0 spiro atoms. The van der Waals surface area contributed by atoms with Crippen molar-refractivity contribution in [2.24, 2.45) is 0 Å². The molecule has 0 aliphatic carbocycles. The highest BCUT2D eigenvalue weighted by atomic mass is 32.1. The monoisotopic (exact) mass is 340 g/mol. The highest BCUT2D eigenvalue weighted by Crippen LogP contribution is 2.19. The summed E-state index contributed by atoms with van der Waals surface area (Å²) in [5.41, 5.74) is -0.0635. The Kier molecular flexibility index (Phi) is 5.78. The number of carbonyl (C=O) groups is 2. The molecular formula is C15H14F2N2O3S. The Balaban J connectivity index is 1.81. The van der Waals surface area contributed by atoms with Gasteiger partial charge in [0.1, 0.15) is 17.7 Å². The molecule has 1 heterocycles. The minimum Gasteiger partial charge on any atom is -0.386 e. The molecule has 23 heavy (non-hydrogen) atoms. The van der Waals surface area contributed by atoms with Crippen LogP contribution in [0.3, 0.4) is 0 Å². The maximum Gasteiger partial charge on any atom is 0.252 e. The number of amides is 2. The molecule has 0 aliphatic heterocycles. The molecular weight excluding hydrogens is 326 g/mol. The predicted molar refractivity (Wildman–Crippen MR) is 81.0 cm³/mol. The molecule has 3 N–H and O–H groups in total. The molecule has 0 aliphatic rings. The van der Waals surface area contributed by atoms with Gasteiger partial charge in [-0.15, -0.1) is 0 Å². The summed E-state index contributed by atoms with van der Waals surface area (Å²) in [6.45, 7) is -0.674. The first-order valence-electron chi connectivity index (χ1n) is 6.68. The molecule has 2 amide bonds. The number of aliphatic hydroxyl groups is 1. The van der Waals surface area contributed by atoms with Crippen LogP contribution >= 0.6 is 11.3 Å². The predicted octanol–water partition coefficient (Wildman–Crippen LogP) is 1.61. The second-order valence-corrected chi connectivity index (χ2v) is 5.43. The average Bonchev–Trinajstić information content (AvgIpc) is 3.05. The molecule has 0 saturated carbocycles. The molecule has 1 unspecified atom stereocenters. The van der Waals surface area contributed by atoms with Crippen molar-refractivity contribution in [3.63, 3.8) is 0 Å². The molecule has 0 fully saturated rings. The number of rotatable bonds is 6. The van der Waals surface area contributed by atoms with E-state index < -0.39 is 35.1 Å². The van der Waals surface area contributed by atoms with Gasteiger partial charge in [0.15, 0.2) is 0 Å². The Hall–Kier alpha value is -2.32. The van der Waals surface area contributed by atoms with Crippen LogP contribution in [-0.2, 0) is 4.79 Å². The zero-order valence-electron chi connectivity index (χ0n) is 11.9. The van der Waals surface area contributed by atoms with Crippen molar-refractivity contribution in [1.29, 1.82) is 0 Å². The van der Waals surface area contributed by atoms with Crippen LogP contribution in [0.1, 0.15) is 22.0 Å². The molecule has 0 bridgehead atoms. The molecule has 122 valence electrons. The Labute approximate surface area is 135 Å². The molecule has 8 heteroatoms. The van der Waals surface area contributed by atoms with Crippen LogP contribution in [0, 0.1) is 11.6 Å². The number of thiophene rings is 1. The van der Waals surface area contributed by atoms with Crippen molar-refractivity contribution in [3.8, 4) is 0 Å². The van der Waals surface area contributed by atoms with E-state index >= 15 is 0 Å². The summed E-state index contributed by atoms with van der Waals surface area (Å²) in [7, 11) is 0. The Morgan fingerprint density at radius 1 is 1.17 bits per heavy atom. The molecule has 1 aromatic carbocycles. The standard InChI is InChI=1S/C15H14F2N2O3S/c16-10-2-1-3-11(17)14(10)12(20)6-18-13(21)7-19-15(22)9-4-5-23-8-9/h1-5,8,12,20H,6-7H2,(H,18,21)(H,19,22). The van der Waals surface area contributed by atoms with Crippen LogP contribution in [0.5, 0.6) is 0 Å². The number of nitrogens with one attached hydrogen (secondary N) is 2. The highest BCUT2D eigenvalue weighted by Gasteiger charge is 2.18. The number of hydrogen-bond acceptors (Lipinski definition) is 4. The SMILES string of the molecule is O=C(CNC(=O)c1ccsc1)NCC(O)c1c(F)cccc1F. The second-order valence-electron chi connectivity index (χ2n) is 4.65. The summed E-state index contributed by atoms with van der Waals surface area (Å²) in [6, 6.07) is 4.83. The van der Waals surface area contributed by atoms with Crippen molar-refractivity contribution >= 4 is 23.2 Å². The summed E-state index contributed by atoms with van der Waals surface area (Å²) < 4.78 is 26.9. The number of aliphatic hydroxyl groups excluding tert-OH is 1. The van der Waals surface area contributed by atoms with Crippen LogP contribution in [0.2, 0.25) is 0 Å². The Bertz CT molecular complexity index is 672. The van der Waals surface area contributed by atoms with Crippen molar-refractivity contribution in [1.82, 2.24) is 10.6 Å². The van der Waals surface area contributed by atoms with E-state index in [2.05, 4.69) is 10.6 Å². The van der Waals surface area contributed by atoms with E-state index in [-0.39, 0.29) is 13.1 Å². The van der Waals surface area contributed by atoms with Crippen LogP contribution in [0.15, 0.2) is 35.0 Å². The highest BCUT2D eigenvalue weighted by molar-refractivity contribution is 7.08. The first-order chi connectivity index (χ1) is 11.0. The van der Waals surface area contributed by atoms with Crippen molar-refractivity contribution in [2.75, 3.05) is 13.1 Å². The minimum atomic E-state index is -1.52. The summed E-state index contributed by atoms with van der Waals surface area (Å²) in [5, 5.41) is 17.8. The lowest BCUT2D eigenvalue weighted by molar-refractivity contribution is -0.120. The number of benzene rings is 1. The maximum atomic E-state index is 13.5. The number of halogens is 2. The molecule has 1 aromatic heterocycles. The maximum absolute atomic E-state index is 13.5. The van der Waals surface area contributed by atoms with Crippen molar-refractivity contribution in [2.45, 2.75) is 6.10 Å². The third kappa shape index (κ3) is 4.57. The quantitative estimate of drug-likeness (QED) is 0.747. The summed E-state index contributed by atoms with van der Waals surface area (Å²) in [4.78, 5) is 23.2. The average molecular weight is 340 g/mol. The lowest BCUT2D eigenvalue weighted by Crippen LogP contribution is -2.38. The van der Waals surface area contributed by atoms with Gasteiger partial charge in [-0.05, 0) is 23.6 Å². The summed E-state index contributed by atoms with van der Waals surface area (Å²) in [6.07, 6.45) is -1.52. The zero-order chi connectivity index (χ0) is 16.8. The van der Waals surface area contributed by atoms with E-state index in [1.54, 1.807) is 16.8 Å². The second kappa shape index (κ2) is 7.80.